The lowest BCUT2D eigenvalue weighted by Gasteiger charge is -2.10. The molecule has 0 rings (SSSR count). The van der Waals surface area contributed by atoms with Crippen LogP contribution in [0.4, 0.5) is 0 Å². The van der Waals surface area contributed by atoms with Crippen LogP contribution < -0.4 is 0 Å². The SMILES string of the molecule is C=C(C)COC(O)CCS(=O)(=O)O. The quantitative estimate of drug-likeness (QED) is 0.371. The minimum Gasteiger partial charge on any atom is -0.368 e. The van der Waals surface area contributed by atoms with Crippen LogP contribution in [0.1, 0.15) is 13.3 Å². The van der Waals surface area contributed by atoms with Crippen LogP contribution in [0, 0.1) is 0 Å². The van der Waals surface area contributed by atoms with Crippen LogP contribution in [0.3, 0.4) is 0 Å². The number of aliphatic hydroxyl groups is 1. The predicted molar refractivity (Wildman–Crippen MR) is 47.8 cm³/mol. The highest BCUT2D eigenvalue weighted by atomic mass is 32.2. The third-order valence-electron chi connectivity index (χ3n) is 1.14. The molecule has 1 unspecified atom stereocenters. The normalized spacial score (nSPS) is 14.1. The van der Waals surface area contributed by atoms with E-state index in [0.717, 1.165) is 5.57 Å². The summed E-state index contributed by atoms with van der Waals surface area (Å²) in [6, 6.07) is 0. The third kappa shape index (κ3) is 9.48. The molecular weight excluding hydrogens is 196 g/mol. The zero-order valence-corrected chi connectivity index (χ0v) is 8.25. The number of hydrogen-bond donors (Lipinski definition) is 2. The van der Waals surface area contributed by atoms with Crippen molar-refractivity contribution in [1.29, 1.82) is 0 Å². The Balaban J connectivity index is 3.64. The highest BCUT2D eigenvalue weighted by Crippen LogP contribution is 1.99. The van der Waals surface area contributed by atoms with Gasteiger partial charge in [0.05, 0.1) is 12.4 Å². The molecule has 0 bridgehead atoms. The maximum atomic E-state index is 10.2. The Morgan fingerprint density at radius 2 is 2.15 bits per heavy atom. The van der Waals surface area contributed by atoms with E-state index in [1.165, 1.54) is 0 Å². The highest BCUT2D eigenvalue weighted by Gasteiger charge is 2.10. The van der Waals surface area contributed by atoms with E-state index in [1.807, 2.05) is 0 Å². The smallest absolute Gasteiger partial charge is 0.265 e. The van der Waals surface area contributed by atoms with Gasteiger partial charge in [-0.2, -0.15) is 8.42 Å². The van der Waals surface area contributed by atoms with E-state index in [9.17, 15) is 8.42 Å². The molecule has 13 heavy (non-hydrogen) atoms. The van der Waals surface area contributed by atoms with Gasteiger partial charge in [-0.15, -0.1) is 0 Å². The molecule has 78 valence electrons. The lowest BCUT2D eigenvalue weighted by Crippen LogP contribution is -2.18. The molecule has 0 aromatic rings. The monoisotopic (exact) mass is 210 g/mol. The van der Waals surface area contributed by atoms with E-state index in [2.05, 4.69) is 6.58 Å². The number of aliphatic hydroxyl groups excluding tert-OH is 1. The van der Waals surface area contributed by atoms with Crippen molar-refractivity contribution in [2.24, 2.45) is 0 Å². The molecule has 1 atom stereocenters. The van der Waals surface area contributed by atoms with E-state index in [4.69, 9.17) is 14.4 Å². The van der Waals surface area contributed by atoms with Crippen molar-refractivity contribution in [3.05, 3.63) is 12.2 Å². The van der Waals surface area contributed by atoms with Crippen molar-refractivity contribution >= 4 is 10.1 Å². The topological polar surface area (TPSA) is 83.8 Å². The molecule has 2 N–H and O–H groups in total. The first kappa shape index (κ1) is 12.6. The van der Waals surface area contributed by atoms with Gasteiger partial charge in [0, 0.05) is 6.42 Å². The molecule has 0 fully saturated rings. The van der Waals surface area contributed by atoms with Gasteiger partial charge in [0.15, 0.2) is 6.29 Å². The molecule has 0 aromatic heterocycles. The Bertz CT molecular complexity index is 256. The molecule has 0 aliphatic rings. The van der Waals surface area contributed by atoms with Crippen LogP contribution in [0.2, 0.25) is 0 Å². The third-order valence-corrected chi connectivity index (χ3v) is 1.90. The zero-order valence-electron chi connectivity index (χ0n) is 7.43. The Hall–Kier alpha value is -0.430. The van der Waals surface area contributed by atoms with Crippen LogP contribution in [-0.4, -0.2) is 36.7 Å². The summed E-state index contributed by atoms with van der Waals surface area (Å²) in [5.74, 6) is -0.510. The molecule has 0 saturated carbocycles. The molecule has 0 radical (unpaired) electrons. The average Bonchev–Trinajstić information content (AvgIpc) is 1.95. The van der Waals surface area contributed by atoms with Crippen molar-refractivity contribution in [1.82, 2.24) is 0 Å². The lowest BCUT2D eigenvalue weighted by atomic mass is 10.4. The van der Waals surface area contributed by atoms with E-state index in [1.54, 1.807) is 6.92 Å². The van der Waals surface area contributed by atoms with Crippen LogP contribution in [0.5, 0.6) is 0 Å². The van der Waals surface area contributed by atoms with Gasteiger partial charge in [0.25, 0.3) is 10.1 Å². The summed E-state index contributed by atoms with van der Waals surface area (Å²) in [6.07, 6.45) is -1.33. The van der Waals surface area contributed by atoms with Crippen LogP contribution >= 0.6 is 0 Å². The van der Waals surface area contributed by atoms with Crippen molar-refractivity contribution in [2.75, 3.05) is 12.4 Å². The second-order valence-electron chi connectivity index (χ2n) is 2.80. The van der Waals surface area contributed by atoms with Crippen molar-refractivity contribution in [3.63, 3.8) is 0 Å². The first-order valence-electron chi connectivity index (χ1n) is 3.70. The van der Waals surface area contributed by atoms with Gasteiger partial charge in [-0.25, -0.2) is 0 Å². The summed E-state index contributed by atoms with van der Waals surface area (Å²) in [5.41, 5.74) is 0.728. The number of hydrogen-bond acceptors (Lipinski definition) is 4. The molecule has 0 saturated heterocycles. The van der Waals surface area contributed by atoms with Crippen LogP contribution in [0.25, 0.3) is 0 Å². The van der Waals surface area contributed by atoms with Gasteiger partial charge in [-0.05, 0) is 6.92 Å². The molecule has 0 heterocycles. The van der Waals surface area contributed by atoms with Crippen molar-refractivity contribution in [3.8, 4) is 0 Å². The van der Waals surface area contributed by atoms with Gasteiger partial charge in [0.1, 0.15) is 0 Å². The summed E-state index contributed by atoms with van der Waals surface area (Å²) in [4.78, 5) is 0. The van der Waals surface area contributed by atoms with Gasteiger partial charge in [0.2, 0.25) is 0 Å². The summed E-state index contributed by atoms with van der Waals surface area (Å²) < 4.78 is 33.6. The molecular formula is C7H14O5S. The Kier molecular flexibility index (Phi) is 5.16. The maximum Gasteiger partial charge on any atom is 0.265 e. The minimum atomic E-state index is -4.02. The summed E-state index contributed by atoms with van der Waals surface area (Å²) in [6.45, 7) is 5.42. The Morgan fingerprint density at radius 1 is 1.62 bits per heavy atom. The van der Waals surface area contributed by atoms with Gasteiger partial charge in [-0.1, -0.05) is 12.2 Å². The second kappa shape index (κ2) is 5.33. The van der Waals surface area contributed by atoms with Crippen molar-refractivity contribution in [2.45, 2.75) is 19.6 Å². The maximum absolute atomic E-state index is 10.2. The minimum absolute atomic E-state index is 0.147. The molecule has 6 heteroatoms. The summed E-state index contributed by atoms with van der Waals surface area (Å²) in [5, 5.41) is 9.02. The van der Waals surface area contributed by atoms with Gasteiger partial charge < -0.3 is 9.84 Å². The Labute approximate surface area is 77.8 Å². The largest absolute Gasteiger partial charge is 0.368 e. The predicted octanol–water partition coefficient (Wildman–Crippen LogP) is 0.175. The Morgan fingerprint density at radius 3 is 2.54 bits per heavy atom. The fourth-order valence-corrected chi connectivity index (χ4v) is 1.07. The number of rotatable bonds is 6. The fourth-order valence-electron chi connectivity index (χ4n) is 0.572. The fraction of sp³-hybridized carbons (Fsp3) is 0.714. The van der Waals surface area contributed by atoms with Crippen LogP contribution in [0.15, 0.2) is 12.2 Å². The molecule has 0 aromatic carbocycles. The van der Waals surface area contributed by atoms with E-state index in [-0.39, 0.29) is 13.0 Å². The average molecular weight is 210 g/mol. The molecule has 0 amide bonds. The summed E-state index contributed by atoms with van der Waals surface area (Å²) in [7, 11) is -4.02. The zero-order chi connectivity index (χ0) is 10.5. The first-order chi connectivity index (χ1) is 5.81. The molecule has 0 aliphatic carbocycles. The van der Waals surface area contributed by atoms with Gasteiger partial charge >= 0.3 is 0 Å². The van der Waals surface area contributed by atoms with E-state index < -0.39 is 22.2 Å². The van der Waals surface area contributed by atoms with E-state index in [0.29, 0.717) is 0 Å². The van der Waals surface area contributed by atoms with Gasteiger partial charge in [-0.3, -0.25) is 4.55 Å². The summed E-state index contributed by atoms with van der Waals surface area (Å²) >= 11 is 0. The molecule has 5 nitrogen and oxygen atoms in total. The van der Waals surface area contributed by atoms with E-state index >= 15 is 0 Å². The standard InChI is InChI=1S/C7H14O5S/c1-6(2)5-12-7(8)3-4-13(9,10)11/h7-8H,1,3-5H2,2H3,(H,9,10,11). The first-order valence-corrected chi connectivity index (χ1v) is 5.31. The van der Waals surface area contributed by atoms with Crippen molar-refractivity contribution < 1.29 is 22.8 Å². The van der Waals surface area contributed by atoms with Crippen LogP contribution in [-0.2, 0) is 14.9 Å². The highest BCUT2D eigenvalue weighted by molar-refractivity contribution is 7.85. The molecule has 0 spiro atoms. The number of ether oxygens (including phenoxy) is 1. The molecule has 0 aliphatic heterocycles. The lowest BCUT2D eigenvalue weighted by molar-refractivity contribution is -0.0913. The second-order valence-corrected chi connectivity index (χ2v) is 4.37.